The van der Waals surface area contributed by atoms with Gasteiger partial charge in [0.25, 0.3) is 5.91 Å². The standard InChI is InChI=1S/C16H11Cl2F2NO2/c17-9-1-2-12(13(18)5-9)16(22)21-7-11-4-8-3-10(19)6-14(20)15(8)23-11/h1-3,5-6,11H,4,7H2,(H,21,22)/t11-/m1/s1. The van der Waals surface area contributed by atoms with Crippen LogP contribution in [-0.4, -0.2) is 18.6 Å². The fourth-order valence-corrected chi connectivity index (χ4v) is 2.93. The monoisotopic (exact) mass is 357 g/mol. The Balaban J connectivity index is 1.64. The molecule has 0 saturated heterocycles. The van der Waals surface area contributed by atoms with Crippen molar-refractivity contribution >= 4 is 29.1 Å². The van der Waals surface area contributed by atoms with E-state index in [1.807, 2.05) is 0 Å². The van der Waals surface area contributed by atoms with Crippen molar-refractivity contribution in [1.29, 1.82) is 0 Å². The molecule has 1 atom stereocenters. The second-order valence-corrected chi connectivity index (χ2v) is 6.00. The summed E-state index contributed by atoms with van der Waals surface area (Å²) in [6.45, 7) is 0.146. The molecule has 1 aliphatic heterocycles. The minimum absolute atomic E-state index is 0.0372. The van der Waals surface area contributed by atoms with Crippen molar-refractivity contribution < 1.29 is 18.3 Å². The van der Waals surface area contributed by atoms with E-state index in [0.717, 1.165) is 6.07 Å². The number of ether oxygens (including phenoxy) is 1. The van der Waals surface area contributed by atoms with Crippen molar-refractivity contribution in [2.75, 3.05) is 6.54 Å². The van der Waals surface area contributed by atoms with Gasteiger partial charge in [0.2, 0.25) is 0 Å². The summed E-state index contributed by atoms with van der Waals surface area (Å²) in [5.74, 6) is -1.75. The van der Waals surface area contributed by atoms with E-state index in [0.29, 0.717) is 17.0 Å². The van der Waals surface area contributed by atoms with E-state index < -0.39 is 23.6 Å². The molecule has 0 unspecified atom stereocenters. The number of nitrogens with one attached hydrogen (secondary N) is 1. The van der Waals surface area contributed by atoms with Gasteiger partial charge in [-0.3, -0.25) is 4.79 Å². The summed E-state index contributed by atoms with van der Waals surface area (Å²) in [6.07, 6.45) is -0.144. The summed E-state index contributed by atoms with van der Waals surface area (Å²) in [5.41, 5.74) is 0.732. The van der Waals surface area contributed by atoms with Crippen molar-refractivity contribution in [1.82, 2.24) is 5.32 Å². The maximum absolute atomic E-state index is 13.6. The number of rotatable bonds is 3. The van der Waals surface area contributed by atoms with Crippen molar-refractivity contribution in [3.63, 3.8) is 0 Å². The predicted molar refractivity (Wildman–Crippen MR) is 83.3 cm³/mol. The molecule has 0 bridgehead atoms. The first kappa shape index (κ1) is 16.0. The van der Waals surface area contributed by atoms with Crippen LogP contribution in [0.2, 0.25) is 10.0 Å². The lowest BCUT2D eigenvalue weighted by Gasteiger charge is -2.12. The van der Waals surface area contributed by atoms with E-state index in [-0.39, 0.29) is 22.9 Å². The van der Waals surface area contributed by atoms with Gasteiger partial charge >= 0.3 is 0 Å². The third-order valence-corrected chi connectivity index (χ3v) is 4.03. The zero-order valence-corrected chi connectivity index (χ0v) is 13.2. The van der Waals surface area contributed by atoms with Gasteiger partial charge in [0.15, 0.2) is 11.6 Å². The zero-order chi connectivity index (χ0) is 16.6. The summed E-state index contributed by atoms with van der Waals surface area (Å²) in [5, 5.41) is 3.33. The molecule has 0 radical (unpaired) electrons. The molecule has 3 nitrogen and oxygen atoms in total. The Labute approximate surface area is 141 Å². The maximum Gasteiger partial charge on any atom is 0.252 e. The minimum atomic E-state index is -0.741. The summed E-state index contributed by atoms with van der Waals surface area (Å²) >= 11 is 11.7. The molecule has 1 N–H and O–H groups in total. The highest BCUT2D eigenvalue weighted by molar-refractivity contribution is 6.36. The topological polar surface area (TPSA) is 38.3 Å². The molecule has 23 heavy (non-hydrogen) atoms. The number of benzene rings is 2. The molecule has 0 aliphatic carbocycles. The van der Waals surface area contributed by atoms with Gasteiger partial charge in [0, 0.05) is 23.1 Å². The number of amides is 1. The maximum atomic E-state index is 13.6. The molecule has 3 rings (SSSR count). The van der Waals surface area contributed by atoms with E-state index >= 15 is 0 Å². The van der Waals surface area contributed by atoms with Gasteiger partial charge in [-0.15, -0.1) is 0 Å². The number of carbonyl (C=O) groups is 1. The molecule has 0 saturated carbocycles. The molecular formula is C16H11Cl2F2NO2. The third-order valence-electron chi connectivity index (χ3n) is 3.48. The summed E-state index contributed by atoms with van der Waals surface area (Å²) in [6, 6.07) is 6.55. The van der Waals surface area contributed by atoms with Crippen LogP contribution in [0.25, 0.3) is 0 Å². The third kappa shape index (κ3) is 3.41. The average molecular weight is 358 g/mol. The van der Waals surface area contributed by atoms with E-state index in [2.05, 4.69) is 5.32 Å². The Hall–Kier alpha value is -1.85. The number of carbonyl (C=O) groups excluding carboxylic acids is 1. The molecule has 0 aromatic heterocycles. The first-order valence-electron chi connectivity index (χ1n) is 6.82. The number of hydrogen-bond donors (Lipinski definition) is 1. The van der Waals surface area contributed by atoms with Crippen LogP contribution < -0.4 is 10.1 Å². The molecule has 0 fully saturated rings. The van der Waals surface area contributed by atoms with Crippen molar-refractivity contribution in [2.45, 2.75) is 12.5 Å². The number of fused-ring (bicyclic) bond motifs is 1. The van der Waals surface area contributed by atoms with Crippen LogP contribution in [0.1, 0.15) is 15.9 Å². The zero-order valence-electron chi connectivity index (χ0n) is 11.7. The van der Waals surface area contributed by atoms with Gasteiger partial charge in [0.1, 0.15) is 11.9 Å². The second-order valence-electron chi connectivity index (χ2n) is 5.15. The molecule has 1 amide bonds. The van der Waals surface area contributed by atoms with E-state index in [4.69, 9.17) is 27.9 Å². The Morgan fingerprint density at radius 1 is 1.26 bits per heavy atom. The quantitative estimate of drug-likeness (QED) is 0.901. The number of halogens is 4. The summed E-state index contributed by atoms with van der Waals surface area (Å²) in [4.78, 5) is 12.1. The Morgan fingerprint density at radius 3 is 2.78 bits per heavy atom. The Kier molecular flexibility index (Phi) is 4.41. The average Bonchev–Trinajstić information content (AvgIpc) is 2.88. The SMILES string of the molecule is O=C(NC[C@H]1Cc2cc(F)cc(F)c2O1)c1ccc(Cl)cc1Cl. The molecule has 2 aromatic rings. The molecular weight excluding hydrogens is 347 g/mol. The van der Waals surface area contributed by atoms with Crippen LogP contribution in [0.15, 0.2) is 30.3 Å². The molecule has 2 aromatic carbocycles. The van der Waals surface area contributed by atoms with Gasteiger partial charge in [-0.05, 0) is 24.3 Å². The molecule has 1 aliphatic rings. The second kappa shape index (κ2) is 6.34. The Bertz CT molecular complexity index is 783. The minimum Gasteiger partial charge on any atom is -0.485 e. The van der Waals surface area contributed by atoms with E-state index in [1.165, 1.54) is 18.2 Å². The van der Waals surface area contributed by atoms with Crippen LogP contribution in [0, 0.1) is 11.6 Å². The largest absolute Gasteiger partial charge is 0.485 e. The normalized spacial score (nSPS) is 15.9. The smallest absolute Gasteiger partial charge is 0.252 e. The van der Waals surface area contributed by atoms with Gasteiger partial charge in [-0.1, -0.05) is 23.2 Å². The van der Waals surface area contributed by atoms with Gasteiger partial charge in [0.05, 0.1) is 17.1 Å². The van der Waals surface area contributed by atoms with Gasteiger partial charge < -0.3 is 10.1 Å². The summed E-state index contributed by atoms with van der Waals surface area (Å²) in [7, 11) is 0. The highest BCUT2D eigenvalue weighted by Crippen LogP contribution is 2.32. The lowest BCUT2D eigenvalue weighted by atomic mass is 10.1. The van der Waals surface area contributed by atoms with Crippen LogP contribution in [0.4, 0.5) is 8.78 Å². The lowest BCUT2D eigenvalue weighted by Crippen LogP contribution is -2.34. The van der Waals surface area contributed by atoms with Gasteiger partial charge in [-0.2, -0.15) is 0 Å². The fraction of sp³-hybridized carbons (Fsp3) is 0.188. The van der Waals surface area contributed by atoms with Crippen LogP contribution >= 0.6 is 23.2 Å². The van der Waals surface area contributed by atoms with Crippen LogP contribution in [0.5, 0.6) is 5.75 Å². The van der Waals surface area contributed by atoms with Crippen LogP contribution in [0.3, 0.4) is 0 Å². The molecule has 1 heterocycles. The van der Waals surface area contributed by atoms with E-state index in [1.54, 1.807) is 6.07 Å². The van der Waals surface area contributed by atoms with Crippen molar-refractivity contribution in [3.8, 4) is 5.75 Å². The fourth-order valence-electron chi connectivity index (χ4n) is 2.44. The molecule has 0 spiro atoms. The lowest BCUT2D eigenvalue weighted by molar-refractivity contribution is 0.0933. The van der Waals surface area contributed by atoms with Crippen LogP contribution in [-0.2, 0) is 6.42 Å². The molecule has 120 valence electrons. The molecule has 7 heteroatoms. The van der Waals surface area contributed by atoms with Gasteiger partial charge in [-0.25, -0.2) is 8.78 Å². The highest BCUT2D eigenvalue weighted by atomic mass is 35.5. The van der Waals surface area contributed by atoms with E-state index in [9.17, 15) is 13.6 Å². The number of hydrogen-bond acceptors (Lipinski definition) is 2. The van der Waals surface area contributed by atoms with Crippen molar-refractivity contribution in [3.05, 3.63) is 63.1 Å². The van der Waals surface area contributed by atoms with Crippen molar-refractivity contribution in [2.24, 2.45) is 0 Å². The Morgan fingerprint density at radius 2 is 2.04 bits per heavy atom. The highest BCUT2D eigenvalue weighted by Gasteiger charge is 2.27. The first-order chi connectivity index (χ1) is 10.9. The predicted octanol–water partition coefficient (Wildman–Crippen LogP) is 4.01. The first-order valence-corrected chi connectivity index (χ1v) is 7.57. The summed E-state index contributed by atoms with van der Waals surface area (Å²) < 4.78 is 32.2.